The van der Waals surface area contributed by atoms with Crippen molar-refractivity contribution in [1.29, 1.82) is 0 Å². The number of carbonyl (C=O) groups excluding carboxylic acids is 1. The highest BCUT2D eigenvalue weighted by Gasteiger charge is 2.54. The molecule has 42 heavy (non-hydrogen) atoms. The summed E-state index contributed by atoms with van der Waals surface area (Å²) in [6.07, 6.45) is 2.81. The van der Waals surface area contributed by atoms with Crippen molar-refractivity contribution < 1.29 is 36.3 Å². The molecule has 5 rings (SSSR count). The second-order valence-corrected chi connectivity index (χ2v) is 13.4. The van der Waals surface area contributed by atoms with Gasteiger partial charge >= 0.3 is 0 Å². The zero-order chi connectivity index (χ0) is 30.2. The molecule has 2 saturated carbocycles. The zero-order valence-electron chi connectivity index (χ0n) is 22.5. The smallest absolute Gasteiger partial charge is 0.255 e. The summed E-state index contributed by atoms with van der Waals surface area (Å²) in [6, 6.07) is 12.6. The Kier molecular flexibility index (Phi) is 8.37. The van der Waals surface area contributed by atoms with Gasteiger partial charge in [0.1, 0.15) is 12.2 Å². The maximum Gasteiger partial charge on any atom is 0.255 e. The molecule has 3 unspecified atom stereocenters. The number of amides is 1. The first-order chi connectivity index (χ1) is 19.9. The van der Waals surface area contributed by atoms with Crippen molar-refractivity contribution in [2.75, 3.05) is 5.32 Å². The number of hydrogen-bond acceptors (Lipinski definition) is 6. The van der Waals surface area contributed by atoms with E-state index in [9.17, 15) is 31.5 Å². The molecule has 0 saturated heterocycles. The van der Waals surface area contributed by atoms with Gasteiger partial charge in [-0.15, -0.1) is 0 Å². The van der Waals surface area contributed by atoms with E-state index in [0.717, 1.165) is 17.2 Å². The first kappa shape index (κ1) is 30.1. The molecule has 0 spiro atoms. The van der Waals surface area contributed by atoms with Crippen molar-refractivity contribution in [1.82, 2.24) is 0 Å². The van der Waals surface area contributed by atoms with Crippen LogP contribution in [0.15, 0.2) is 64.6 Å². The van der Waals surface area contributed by atoms with Crippen LogP contribution in [-0.4, -0.2) is 36.5 Å². The number of rotatable bonds is 8. The van der Waals surface area contributed by atoms with Gasteiger partial charge in [0.05, 0.1) is 21.4 Å². The van der Waals surface area contributed by atoms with Gasteiger partial charge in [-0.25, -0.2) is 21.6 Å². The summed E-state index contributed by atoms with van der Waals surface area (Å²) < 4.78 is 68.2. The van der Waals surface area contributed by atoms with E-state index in [0.29, 0.717) is 25.0 Å². The van der Waals surface area contributed by atoms with Crippen LogP contribution in [0.2, 0.25) is 5.02 Å². The van der Waals surface area contributed by atoms with Gasteiger partial charge in [0.25, 0.3) is 5.91 Å². The van der Waals surface area contributed by atoms with Crippen LogP contribution in [0.4, 0.5) is 18.9 Å². The fourth-order valence-corrected chi connectivity index (χ4v) is 8.80. The largest absolute Gasteiger partial charge is 0.391 e. The van der Waals surface area contributed by atoms with Gasteiger partial charge < -0.3 is 15.3 Å². The number of nitrogens with zero attached hydrogens (tertiary/aromatic N) is 1. The summed E-state index contributed by atoms with van der Waals surface area (Å²) >= 11 is 6.30. The van der Waals surface area contributed by atoms with E-state index in [1.54, 1.807) is 0 Å². The topological polar surface area (TPSA) is 105 Å². The fraction of sp³-hybridized carbons (Fsp3) is 0.333. The monoisotopic (exact) mass is 620 g/mol. The Hall–Kier alpha value is -3.41. The van der Waals surface area contributed by atoms with Crippen molar-refractivity contribution >= 4 is 39.2 Å². The molecule has 2 fully saturated rings. The van der Waals surface area contributed by atoms with Crippen LogP contribution in [0.3, 0.4) is 0 Å². The Morgan fingerprint density at radius 2 is 1.69 bits per heavy atom. The van der Waals surface area contributed by atoms with Gasteiger partial charge in [-0.05, 0) is 68.2 Å². The van der Waals surface area contributed by atoms with Crippen LogP contribution in [0.5, 0.6) is 0 Å². The molecule has 0 aliphatic heterocycles. The first-order valence-electron chi connectivity index (χ1n) is 13.3. The molecule has 2 bridgehead atoms. The molecule has 2 aliphatic rings. The molecule has 0 aromatic heterocycles. The number of aryl methyl sites for hydroxylation is 1. The normalized spacial score (nSPS) is 23.7. The van der Waals surface area contributed by atoms with Gasteiger partial charge in [0.15, 0.2) is 27.3 Å². The Morgan fingerprint density at radius 3 is 2.31 bits per heavy atom. The number of sulfone groups is 1. The van der Waals surface area contributed by atoms with E-state index in [1.807, 2.05) is 31.2 Å². The van der Waals surface area contributed by atoms with Crippen molar-refractivity contribution in [3.63, 3.8) is 0 Å². The number of fused-ring (bicyclic) bond motifs is 2. The lowest BCUT2D eigenvalue weighted by molar-refractivity contribution is 0.0411. The average molecular weight is 621 g/mol. The van der Waals surface area contributed by atoms with E-state index in [4.69, 9.17) is 16.4 Å². The molecular weight excluding hydrogens is 593 g/mol. The molecule has 2 N–H and O–H groups in total. The Bertz CT molecular complexity index is 1610. The summed E-state index contributed by atoms with van der Waals surface area (Å²) in [7, 11) is -4.06. The minimum absolute atomic E-state index is 0.0864. The molecule has 12 heteroatoms. The van der Waals surface area contributed by atoms with Crippen molar-refractivity contribution in [2.45, 2.75) is 55.0 Å². The third-order valence-electron chi connectivity index (χ3n) is 7.89. The maximum absolute atomic E-state index is 13.9. The summed E-state index contributed by atoms with van der Waals surface area (Å²) in [5.41, 5.74) is 0.236. The van der Waals surface area contributed by atoms with Crippen molar-refractivity contribution in [2.24, 2.45) is 17.0 Å². The predicted molar refractivity (Wildman–Crippen MR) is 152 cm³/mol. The Balaban J connectivity index is 1.30. The van der Waals surface area contributed by atoms with E-state index >= 15 is 0 Å². The Labute approximate surface area is 246 Å². The van der Waals surface area contributed by atoms with Crippen LogP contribution >= 0.6 is 11.6 Å². The van der Waals surface area contributed by atoms with Gasteiger partial charge in [0, 0.05) is 23.4 Å². The second-order valence-electron chi connectivity index (χ2n) is 11.0. The van der Waals surface area contributed by atoms with Crippen LogP contribution < -0.4 is 5.32 Å². The molecule has 3 aromatic rings. The third-order valence-corrected chi connectivity index (χ3v) is 10.8. The quantitative estimate of drug-likeness (QED) is 0.177. The molecule has 3 aromatic carbocycles. The van der Waals surface area contributed by atoms with Gasteiger partial charge in [-0.2, -0.15) is 0 Å². The first-order valence-corrected chi connectivity index (χ1v) is 15.2. The lowest BCUT2D eigenvalue weighted by Gasteiger charge is -2.38. The van der Waals surface area contributed by atoms with Crippen LogP contribution in [0, 0.1) is 36.2 Å². The number of carbonyl (C=O) groups is 1. The highest BCUT2D eigenvalue weighted by molar-refractivity contribution is 7.92. The summed E-state index contributed by atoms with van der Waals surface area (Å²) in [4.78, 5) is 17.9. The number of benzene rings is 3. The molecule has 0 radical (unpaired) electrons. The SMILES string of the molecule is Cc1ccc(CO/N=C/C2(O)CC3CC[C@@H](C2)C3S(=O)(=O)c2cc(C(=O)Nc3cc(F)c(F)c(F)c3)ccc2Cl)cc1. The zero-order valence-corrected chi connectivity index (χ0v) is 24.1. The van der Waals surface area contributed by atoms with Crippen LogP contribution in [0.25, 0.3) is 0 Å². The molecular formula is C30H28ClF3N2O5S. The molecule has 2 aliphatic carbocycles. The molecule has 222 valence electrons. The predicted octanol–water partition coefficient (Wildman–Crippen LogP) is 6.21. The number of aliphatic hydroxyl groups is 1. The molecule has 0 heterocycles. The second kappa shape index (κ2) is 11.7. The maximum atomic E-state index is 13.9. The van der Waals surface area contributed by atoms with Gasteiger partial charge in [-0.3, -0.25) is 4.79 Å². The number of hydrogen-bond donors (Lipinski definition) is 2. The minimum Gasteiger partial charge on any atom is -0.391 e. The summed E-state index contributed by atoms with van der Waals surface area (Å²) in [5.74, 6) is -6.29. The summed E-state index contributed by atoms with van der Waals surface area (Å²) in [5, 5.41) is 16.5. The van der Waals surface area contributed by atoms with Gasteiger partial charge in [0.2, 0.25) is 0 Å². The van der Waals surface area contributed by atoms with E-state index < -0.39 is 44.0 Å². The van der Waals surface area contributed by atoms with E-state index in [-0.39, 0.29) is 52.5 Å². The lowest BCUT2D eigenvalue weighted by atomic mass is 9.78. The number of halogens is 4. The van der Waals surface area contributed by atoms with E-state index in [2.05, 4.69) is 10.5 Å². The van der Waals surface area contributed by atoms with Crippen molar-refractivity contribution in [3.05, 3.63) is 93.8 Å². The fourth-order valence-electron chi connectivity index (χ4n) is 5.95. The molecule has 1 amide bonds. The van der Waals surface area contributed by atoms with Gasteiger partial charge in [-0.1, -0.05) is 46.6 Å². The minimum atomic E-state index is -4.06. The highest BCUT2D eigenvalue weighted by atomic mass is 35.5. The standard InChI is InChI=1S/C30H28ClF3N2O5S/c1-17-2-4-18(5-3-17)15-41-35-16-30(38)13-20-6-7-21(14-30)28(20)42(39,40)26-10-19(8-9-23(26)31)29(37)36-22-11-24(32)27(34)25(33)12-22/h2-5,8-12,16,20-21,28,38H,6-7,13-15H2,1H3,(H,36,37)/b35-16+/t20-,21?,28?,30?/m0/s1. The van der Waals surface area contributed by atoms with Crippen LogP contribution in [0.1, 0.15) is 47.2 Å². The molecule has 7 nitrogen and oxygen atoms in total. The Morgan fingerprint density at radius 1 is 1.07 bits per heavy atom. The highest BCUT2D eigenvalue weighted by Crippen LogP contribution is 2.51. The third kappa shape index (κ3) is 6.18. The van der Waals surface area contributed by atoms with Crippen LogP contribution in [-0.2, 0) is 21.3 Å². The number of oxime groups is 1. The van der Waals surface area contributed by atoms with Crippen molar-refractivity contribution in [3.8, 4) is 0 Å². The van der Waals surface area contributed by atoms with E-state index in [1.165, 1.54) is 18.3 Å². The summed E-state index contributed by atoms with van der Waals surface area (Å²) in [6.45, 7) is 2.21. The number of anilines is 1. The number of nitrogens with one attached hydrogen (secondary N) is 1. The lowest BCUT2D eigenvalue weighted by Crippen LogP contribution is -2.47. The average Bonchev–Trinajstić information content (AvgIpc) is 3.24. The molecule has 4 atom stereocenters.